The zero-order valence-corrected chi connectivity index (χ0v) is 13.4. The SMILES string of the molecule is Cc1nnc(C(CC(=O)N2CCOCC2C)c2ccccc2)o1. The molecule has 1 aromatic carbocycles. The van der Waals surface area contributed by atoms with E-state index in [0.29, 0.717) is 38.0 Å². The van der Waals surface area contributed by atoms with Gasteiger partial charge in [-0.05, 0) is 12.5 Å². The van der Waals surface area contributed by atoms with Crippen LogP contribution in [0.5, 0.6) is 0 Å². The average molecular weight is 315 g/mol. The van der Waals surface area contributed by atoms with Gasteiger partial charge in [0.25, 0.3) is 0 Å². The topological polar surface area (TPSA) is 68.5 Å². The van der Waals surface area contributed by atoms with Gasteiger partial charge in [-0.15, -0.1) is 10.2 Å². The van der Waals surface area contributed by atoms with Crippen LogP contribution in [0.4, 0.5) is 0 Å². The van der Waals surface area contributed by atoms with Gasteiger partial charge in [0.15, 0.2) is 0 Å². The van der Waals surface area contributed by atoms with Crippen LogP contribution in [0, 0.1) is 6.92 Å². The number of ether oxygens (including phenoxy) is 1. The molecule has 1 saturated heterocycles. The van der Waals surface area contributed by atoms with E-state index in [4.69, 9.17) is 9.15 Å². The Hall–Kier alpha value is -2.21. The fourth-order valence-electron chi connectivity index (χ4n) is 2.88. The largest absolute Gasteiger partial charge is 0.425 e. The maximum absolute atomic E-state index is 12.8. The van der Waals surface area contributed by atoms with E-state index in [2.05, 4.69) is 10.2 Å². The van der Waals surface area contributed by atoms with Gasteiger partial charge in [-0.3, -0.25) is 4.79 Å². The summed E-state index contributed by atoms with van der Waals surface area (Å²) >= 11 is 0. The molecule has 0 aliphatic carbocycles. The van der Waals surface area contributed by atoms with Gasteiger partial charge in [-0.25, -0.2) is 0 Å². The second-order valence-corrected chi connectivity index (χ2v) is 5.84. The van der Waals surface area contributed by atoms with E-state index in [0.717, 1.165) is 5.56 Å². The molecule has 2 aromatic rings. The molecule has 0 bridgehead atoms. The van der Waals surface area contributed by atoms with Gasteiger partial charge in [-0.1, -0.05) is 30.3 Å². The number of aromatic nitrogens is 2. The normalized spacial score (nSPS) is 19.6. The average Bonchev–Trinajstić information content (AvgIpc) is 3.00. The number of nitrogens with zero attached hydrogens (tertiary/aromatic N) is 3. The number of carbonyl (C=O) groups is 1. The molecule has 0 N–H and O–H groups in total. The predicted octanol–water partition coefficient (Wildman–Crippen LogP) is 2.15. The van der Waals surface area contributed by atoms with Crippen molar-refractivity contribution >= 4 is 5.91 Å². The molecule has 1 aliphatic heterocycles. The fraction of sp³-hybridized carbons (Fsp3) is 0.471. The summed E-state index contributed by atoms with van der Waals surface area (Å²) < 4.78 is 11.0. The highest BCUT2D eigenvalue weighted by Crippen LogP contribution is 2.28. The molecule has 2 unspecified atom stereocenters. The molecule has 3 rings (SSSR count). The van der Waals surface area contributed by atoms with Crippen LogP contribution in [0.15, 0.2) is 34.7 Å². The summed E-state index contributed by atoms with van der Waals surface area (Å²) in [6.45, 7) is 5.56. The highest BCUT2D eigenvalue weighted by Gasteiger charge is 2.29. The third-order valence-corrected chi connectivity index (χ3v) is 4.11. The molecule has 6 nitrogen and oxygen atoms in total. The second kappa shape index (κ2) is 6.91. The quantitative estimate of drug-likeness (QED) is 0.864. The van der Waals surface area contributed by atoms with Crippen LogP contribution in [0.2, 0.25) is 0 Å². The number of carbonyl (C=O) groups excluding carboxylic acids is 1. The lowest BCUT2D eigenvalue weighted by atomic mass is 9.94. The Morgan fingerprint density at radius 3 is 2.78 bits per heavy atom. The van der Waals surface area contributed by atoms with E-state index in [9.17, 15) is 4.79 Å². The molecule has 122 valence electrons. The summed E-state index contributed by atoms with van der Waals surface area (Å²) in [7, 11) is 0. The number of rotatable bonds is 4. The minimum Gasteiger partial charge on any atom is -0.425 e. The summed E-state index contributed by atoms with van der Waals surface area (Å²) in [5.74, 6) is 0.863. The summed E-state index contributed by atoms with van der Waals surface area (Å²) in [6.07, 6.45) is 0.315. The predicted molar refractivity (Wildman–Crippen MR) is 83.9 cm³/mol. The van der Waals surface area contributed by atoms with E-state index in [1.54, 1.807) is 6.92 Å². The lowest BCUT2D eigenvalue weighted by Gasteiger charge is -2.34. The van der Waals surface area contributed by atoms with Crippen molar-refractivity contribution < 1.29 is 13.9 Å². The number of aryl methyl sites for hydroxylation is 1. The summed E-state index contributed by atoms with van der Waals surface area (Å²) in [4.78, 5) is 14.6. The Labute approximate surface area is 135 Å². The van der Waals surface area contributed by atoms with Gasteiger partial charge in [0.2, 0.25) is 17.7 Å². The number of benzene rings is 1. The van der Waals surface area contributed by atoms with Crippen LogP contribution in [0.25, 0.3) is 0 Å². The Balaban J connectivity index is 1.83. The maximum atomic E-state index is 12.8. The van der Waals surface area contributed by atoms with Gasteiger partial charge in [-0.2, -0.15) is 0 Å². The number of amides is 1. The van der Waals surface area contributed by atoms with Gasteiger partial charge < -0.3 is 14.1 Å². The highest BCUT2D eigenvalue weighted by molar-refractivity contribution is 5.78. The summed E-state index contributed by atoms with van der Waals surface area (Å²) in [6, 6.07) is 9.92. The summed E-state index contributed by atoms with van der Waals surface area (Å²) in [5.41, 5.74) is 1.01. The molecular weight excluding hydrogens is 294 g/mol. The highest BCUT2D eigenvalue weighted by atomic mass is 16.5. The van der Waals surface area contributed by atoms with E-state index >= 15 is 0 Å². The Bertz CT molecular complexity index is 656. The van der Waals surface area contributed by atoms with Crippen molar-refractivity contribution in [1.82, 2.24) is 15.1 Å². The molecule has 1 fully saturated rings. The molecule has 0 spiro atoms. The fourth-order valence-corrected chi connectivity index (χ4v) is 2.88. The van der Waals surface area contributed by atoms with Crippen LogP contribution >= 0.6 is 0 Å². The lowest BCUT2D eigenvalue weighted by molar-refractivity contribution is -0.139. The first-order chi connectivity index (χ1) is 11.1. The Morgan fingerprint density at radius 2 is 2.13 bits per heavy atom. The smallest absolute Gasteiger partial charge is 0.224 e. The number of morpholine rings is 1. The maximum Gasteiger partial charge on any atom is 0.224 e. The standard InChI is InChI=1S/C17H21N3O3/c1-12-11-22-9-8-20(12)16(21)10-15(14-6-4-3-5-7-14)17-19-18-13(2)23-17/h3-7,12,15H,8-11H2,1-2H3. The molecule has 1 amide bonds. The van der Waals surface area contributed by atoms with Gasteiger partial charge in [0.05, 0.1) is 25.2 Å². The van der Waals surface area contributed by atoms with Gasteiger partial charge >= 0.3 is 0 Å². The van der Waals surface area contributed by atoms with E-state index in [1.165, 1.54) is 0 Å². The third kappa shape index (κ3) is 3.59. The minimum absolute atomic E-state index is 0.0884. The summed E-state index contributed by atoms with van der Waals surface area (Å²) in [5, 5.41) is 8.03. The van der Waals surface area contributed by atoms with E-state index < -0.39 is 0 Å². The molecular formula is C17H21N3O3. The van der Waals surface area contributed by atoms with E-state index in [-0.39, 0.29) is 17.9 Å². The molecule has 2 heterocycles. The van der Waals surface area contributed by atoms with Crippen molar-refractivity contribution in [2.75, 3.05) is 19.8 Å². The molecule has 1 aromatic heterocycles. The lowest BCUT2D eigenvalue weighted by Crippen LogP contribution is -2.47. The molecule has 6 heteroatoms. The first kappa shape index (κ1) is 15.7. The zero-order chi connectivity index (χ0) is 16.2. The van der Waals surface area contributed by atoms with E-state index in [1.807, 2.05) is 42.2 Å². The minimum atomic E-state index is -0.222. The van der Waals surface area contributed by atoms with Crippen LogP contribution in [0.3, 0.4) is 0 Å². The molecule has 1 aliphatic rings. The first-order valence-electron chi connectivity index (χ1n) is 7.87. The number of hydrogen-bond acceptors (Lipinski definition) is 5. The molecule has 0 saturated carbocycles. The Kier molecular flexibility index (Phi) is 4.71. The number of hydrogen-bond donors (Lipinski definition) is 0. The first-order valence-corrected chi connectivity index (χ1v) is 7.87. The van der Waals surface area contributed by atoms with Gasteiger partial charge in [0.1, 0.15) is 0 Å². The molecule has 2 atom stereocenters. The van der Waals surface area contributed by atoms with Crippen LogP contribution in [-0.2, 0) is 9.53 Å². The van der Waals surface area contributed by atoms with Crippen LogP contribution in [-0.4, -0.2) is 46.8 Å². The monoisotopic (exact) mass is 315 g/mol. The van der Waals surface area contributed by atoms with Crippen LogP contribution in [0.1, 0.15) is 36.6 Å². The molecule has 0 radical (unpaired) electrons. The van der Waals surface area contributed by atoms with Crippen LogP contribution < -0.4 is 0 Å². The molecule has 23 heavy (non-hydrogen) atoms. The zero-order valence-electron chi connectivity index (χ0n) is 13.4. The van der Waals surface area contributed by atoms with Crippen molar-refractivity contribution in [2.24, 2.45) is 0 Å². The van der Waals surface area contributed by atoms with Crippen molar-refractivity contribution in [3.05, 3.63) is 47.7 Å². The van der Waals surface area contributed by atoms with Crippen molar-refractivity contribution in [3.63, 3.8) is 0 Å². The van der Waals surface area contributed by atoms with Crippen molar-refractivity contribution in [3.8, 4) is 0 Å². The van der Waals surface area contributed by atoms with Crippen molar-refractivity contribution in [2.45, 2.75) is 32.2 Å². The van der Waals surface area contributed by atoms with Crippen molar-refractivity contribution in [1.29, 1.82) is 0 Å². The Morgan fingerprint density at radius 1 is 1.35 bits per heavy atom. The second-order valence-electron chi connectivity index (χ2n) is 5.84. The third-order valence-electron chi connectivity index (χ3n) is 4.11. The van der Waals surface area contributed by atoms with Gasteiger partial charge in [0, 0.05) is 19.9 Å².